The molecule has 1 aliphatic heterocycles. The molecule has 0 saturated carbocycles. The van der Waals surface area contributed by atoms with Crippen LogP contribution in [0.4, 0.5) is 18.9 Å². The van der Waals surface area contributed by atoms with Crippen LogP contribution in [-0.4, -0.2) is 105 Å². The number of aliphatic hydroxyl groups is 3. The first-order chi connectivity index (χ1) is 19.4. The molecule has 4 aliphatic rings. The summed E-state index contributed by atoms with van der Waals surface area (Å²) in [7, 11) is 4.25. The predicted molar refractivity (Wildman–Crippen MR) is 138 cm³/mol. The number of rotatable bonds is 4. The summed E-state index contributed by atoms with van der Waals surface area (Å²) in [4.78, 5) is 54.4. The number of nitrogens with two attached hydrogens (primary N) is 1. The Morgan fingerprint density at radius 1 is 1.19 bits per heavy atom. The summed E-state index contributed by atoms with van der Waals surface area (Å²) >= 11 is 0. The number of Topliss-reactive ketones (excluding diaryl/α,β-unsaturated/α-hetero) is 2. The first kappa shape index (κ1) is 29.5. The van der Waals surface area contributed by atoms with Crippen LogP contribution in [0.2, 0.25) is 0 Å². The third-order valence-electron chi connectivity index (χ3n) is 8.73. The molecule has 226 valence electrons. The van der Waals surface area contributed by atoms with Crippen molar-refractivity contribution in [1.82, 2.24) is 9.80 Å². The van der Waals surface area contributed by atoms with E-state index in [0.29, 0.717) is 0 Å². The van der Waals surface area contributed by atoms with E-state index in [0.717, 1.165) is 11.0 Å². The Bertz CT molecular complexity index is 1520. The van der Waals surface area contributed by atoms with E-state index in [9.17, 15) is 48.4 Å². The highest BCUT2D eigenvalue weighted by atomic mass is 19.3. The molecule has 0 radical (unpaired) electrons. The highest BCUT2D eigenvalue weighted by Gasteiger charge is 2.63. The summed E-state index contributed by atoms with van der Waals surface area (Å²) in [5, 5.41) is 46.8. The largest absolute Gasteiger partial charge is 0.510 e. The molecule has 1 aromatic rings. The van der Waals surface area contributed by atoms with Gasteiger partial charge in [0.05, 0.1) is 29.9 Å². The number of allylic oxidation sites excluding steroid dienone is 1. The first-order valence-corrected chi connectivity index (χ1v) is 13.0. The number of carbonyl (C=O) groups is 4. The number of phenolic OH excluding ortho intramolecular Hbond substituents is 1. The van der Waals surface area contributed by atoms with E-state index in [-0.39, 0.29) is 18.4 Å². The molecule has 7 N–H and O–H groups in total. The van der Waals surface area contributed by atoms with Crippen molar-refractivity contribution in [2.24, 2.45) is 17.6 Å². The lowest BCUT2D eigenvalue weighted by Gasteiger charge is -2.50. The summed E-state index contributed by atoms with van der Waals surface area (Å²) in [6.45, 7) is -0.690. The van der Waals surface area contributed by atoms with Gasteiger partial charge in [0, 0.05) is 29.5 Å². The predicted octanol–water partition coefficient (Wildman–Crippen LogP) is 0.538. The van der Waals surface area contributed by atoms with Gasteiger partial charge in [0.1, 0.15) is 22.9 Å². The van der Waals surface area contributed by atoms with Crippen LogP contribution in [-0.2, 0) is 20.8 Å². The number of nitrogens with zero attached hydrogens (tertiary/aromatic N) is 2. The number of carbonyl (C=O) groups excluding carboxylic acids is 4. The SMILES string of the molecule is CN(C)[C@@H]1C(O)=C(C(N)=O)C(=O)[C@@]2(O)C(O)=C3C(=O)c4c(O)c(NC(=O)[C@@H]5CC(F)(F)CN5C)cc(F)c4C[C@H]3C[C@@H]12. The van der Waals surface area contributed by atoms with Crippen molar-refractivity contribution in [2.45, 2.75) is 42.9 Å². The standard InChI is InChI=1S/C27H29F3N4O8/c1-33(2)18-11-5-9-4-10-12(28)6-13(32-25(41)14-7-26(29,30)8-34(14)3)19(35)16(10)20(36)15(9)22(38)27(11,42)23(39)17(21(18)37)24(31)40/h6,9,11,14,18,35,37-38,42H,4-5,7-8H2,1-3H3,(H2,31,40)(H,32,41)/t9-,11-,14-,18-,27-/m0/s1. The second-order valence-electron chi connectivity index (χ2n) is 11.6. The molecule has 12 nitrogen and oxygen atoms in total. The topological polar surface area (TPSA) is 194 Å². The maximum absolute atomic E-state index is 15.4. The van der Waals surface area contributed by atoms with Crippen LogP contribution in [0.5, 0.6) is 5.75 Å². The van der Waals surface area contributed by atoms with E-state index >= 15 is 4.39 Å². The lowest BCUT2D eigenvalue weighted by molar-refractivity contribution is -0.148. The van der Waals surface area contributed by atoms with Crippen molar-refractivity contribution in [2.75, 3.05) is 33.0 Å². The molecule has 1 fully saturated rings. The highest BCUT2D eigenvalue weighted by Crippen LogP contribution is 2.53. The number of hydrogen-bond acceptors (Lipinski definition) is 10. The van der Waals surface area contributed by atoms with Gasteiger partial charge in [-0.1, -0.05) is 0 Å². The summed E-state index contributed by atoms with van der Waals surface area (Å²) in [6, 6.07) is -1.76. The number of amides is 2. The van der Waals surface area contributed by atoms with E-state index in [1.807, 2.05) is 0 Å². The number of aliphatic hydroxyl groups excluding tert-OH is 2. The number of hydrogen-bond donors (Lipinski definition) is 6. The number of likely N-dealkylation sites (tertiary alicyclic amines) is 1. The Labute approximate surface area is 236 Å². The fraction of sp³-hybridized carbons (Fsp3) is 0.481. The number of primary amides is 1. The zero-order valence-electron chi connectivity index (χ0n) is 22.7. The smallest absolute Gasteiger partial charge is 0.262 e. The number of benzene rings is 1. The van der Waals surface area contributed by atoms with Gasteiger partial charge in [0.25, 0.3) is 11.8 Å². The highest BCUT2D eigenvalue weighted by molar-refractivity contribution is 6.25. The first-order valence-electron chi connectivity index (χ1n) is 13.0. The molecule has 0 spiro atoms. The summed E-state index contributed by atoms with van der Waals surface area (Å²) in [5.41, 5.74) is -0.561. The van der Waals surface area contributed by atoms with Crippen LogP contribution in [0.25, 0.3) is 0 Å². The monoisotopic (exact) mass is 594 g/mol. The number of anilines is 1. The van der Waals surface area contributed by atoms with Gasteiger partial charge in [-0.25, -0.2) is 13.2 Å². The van der Waals surface area contributed by atoms with E-state index in [2.05, 4.69) is 5.32 Å². The Hall–Kier alpha value is -3.95. The Morgan fingerprint density at radius 3 is 2.38 bits per heavy atom. The Morgan fingerprint density at radius 2 is 1.83 bits per heavy atom. The van der Waals surface area contributed by atoms with E-state index in [1.54, 1.807) is 0 Å². The molecule has 5 rings (SSSR count). The maximum atomic E-state index is 15.4. The molecule has 2 amide bonds. The van der Waals surface area contributed by atoms with Crippen molar-refractivity contribution in [1.29, 1.82) is 0 Å². The third kappa shape index (κ3) is 4.09. The average Bonchev–Trinajstić information content (AvgIpc) is 3.16. The van der Waals surface area contributed by atoms with Crippen LogP contribution in [0.3, 0.4) is 0 Å². The van der Waals surface area contributed by atoms with Gasteiger partial charge in [-0.2, -0.15) is 0 Å². The van der Waals surface area contributed by atoms with Gasteiger partial charge in [-0.3, -0.25) is 29.0 Å². The van der Waals surface area contributed by atoms with Crippen molar-refractivity contribution in [3.8, 4) is 5.75 Å². The number of nitrogens with one attached hydrogen (secondary N) is 1. The average molecular weight is 595 g/mol. The molecule has 3 aliphatic carbocycles. The van der Waals surface area contributed by atoms with Crippen molar-refractivity contribution >= 4 is 29.1 Å². The van der Waals surface area contributed by atoms with Gasteiger partial charge in [0.2, 0.25) is 11.7 Å². The number of ketones is 2. The Kier molecular flexibility index (Phi) is 6.71. The maximum Gasteiger partial charge on any atom is 0.262 e. The molecular weight excluding hydrogens is 565 g/mol. The van der Waals surface area contributed by atoms with Gasteiger partial charge >= 0.3 is 0 Å². The molecule has 1 saturated heterocycles. The number of aromatic hydroxyl groups is 1. The molecule has 0 bridgehead atoms. The molecular formula is C27H29F3N4O8. The zero-order valence-corrected chi connectivity index (χ0v) is 22.7. The van der Waals surface area contributed by atoms with E-state index < -0.39 is 117 Å². The van der Waals surface area contributed by atoms with Crippen LogP contribution in [0, 0.1) is 17.7 Å². The zero-order chi connectivity index (χ0) is 31.2. The second-order valence-corrected chi connectivity index (χ2v) is 11.6. The lowest BCUT2D eigenvalue weighted by atomic mass is 9.58. The quantitative estimate of drug-likeness (QED) is 0.212. The molecule has 1 aromatic carbocycles. The van der Waals surface area contributed by atoms with Crippen LogP contribution in [0.15, 0.2) is 28.7 Å². The van der Waals surface area contributed by atoms with Crippen molar-refractivity contribution < 1.29 is 52.8 Å². The summed E-state index contributed by atoms with van der Waals surface area (Å²) in [5.74, 6) is -14.1. The van der Waals surface area contributed by atoms with Gasteiger partial charge in [0.15, 0.2) is 17.1 Å². The van der Waals surface area contributed by atoms with Gasteiger partial charge in [-0.05, 0) is 39.9 Å². The minimum atomic E-state index is -3.14. The number of fused-ring (bicyclic) bond motifs is 3. The van der Waals surface area contributed by atoms with E-state index in [4.69, 9.17) is 5.73 Å². The molecule has 0 aromatic heterocycles. The molecule has 15 heteroatoms. The third-order valence-corrected chi connectivity index (χ3v) is 8.73. The number of likely N-dealkylation sites (N-methyl/N-ethyl adjacent to an activating group) is 2. The summed E-state index contributed by atoms with van der Waals surface area (Å²) in [6.07, 6.45) is -1.34. The summed E-state index contributed by atoms with van der Waals surface area (Å²) < 4.78 is 43.0. The number of phenols is 1. The molecule has 42 heavy (non-hydrogen) atoms. The number of alkyl halides is 2. The van der Waals surface area contributed by atoms with Crippen LogP contribution >= 0.6 is 0 Å². The van der Waals surface area contributed by atoms with Crippen molar-refractivity contribution in [3.05, 3.63) is 45.7 Å². The fourth-order valence-corrected chi connectivity index (χ4v) is 6.86. The lowest BCUT2D eigenvalue weighted by Crippen LogP contribution is -2.63. The minimum absolute atomic E-state index is 0.229. The fourth-order valence-electron chi connectivity index (χ4n) is 6.86. The molecule has 5 atom stereocenters. The molecule has 0 unspecified atom stereocenters. The van der Waals surface area contributed by atoms with Gasteiger partial charge in [-0.15, -0.1) is 0 Å². The minimum Gasteiger partial charge on any atom is -0.510 e. The normalized spacial score (nSPS) is 30.8. The van der Waals surface area contributed by atoms with Crippen LogP contribution < -0.4 is 11.1 Å². The second kappa shape index (κ2) is 9.54. The Balaban J connectivity index is 1.59. The van der Waals surface area contributed by atoms with Crippen molar-refractivity contribution in [3.63, 3.8) is 0 Å². The van der Waals surface area contributed by atoms with E-state index in [1.165, 1.54) is 26.0 Å². The van der Waals surface area contributed by atoms with Gasteiger partial charge < -0.3 is 31.5 Å². The number of halogens is 3. The van der Waals surface area contributed by atoms with Crippen LogP contribution in [0.1, 0.15) is 28.8 Å². The molecule has 1 heterocycles.